The van der Waals surface area contributed by atoms with Crippen molar-refractivity contribution in [2.45, 2.75) is 0 Å². The monoisotopic (exact) mass is 279 g/mol. The average molecular weight is 279 g/mol. The number of carbonyl (C=O) groups excluding carboxylic acids is 1. The van der Waals surface area contributed by atoms with E-state index in [0.29, 0.717) is 5.56 Å². The number of rotatable bonds is 3. The number of aromatic nitrogens is 2. The van der Waals surface area contributed by atoms with Crippen molar-refractivity contribution in [1.82, 2.24) is 9.66 Å². The fourth-order valence-electron chi connectivity index (χ4n) is 2.08. The van der Waals surface area contributed by atoms with Gasteiger partial charge in [-0.05, 0) is 34.5 Å². The maximum Gasteiger partial charge on any atom is 0.270 e. The van der Waals surface area contributed by atoms with Gasteiger partial charge in [0.05, 0.1) is 6.21 Å². The molecule has 3 aromatic rings. The van der Waals surface area contributed by atoms with Gasteiger partial charge in [0.2, 0.25) is 0 Å². The van der Waals surface area contributed by atoms with Crippen LogP contribution in [-0.2, 0) is 0 Å². The Morgan fingerprint density at radius 2 is 2.05 bits per heavy atom. The third-order valence-corrected chi connectivity index (χ3v) is 3.09. The zero-order valence-corrected chi connectivity index (χ0v) is 11.1. The first-order valence-electron chi connectivity index (χ1n) is 6.33. The molecular weight excluding hydrogens is 266 g/mol. The largest absolute Gasteiger partial charge is 0.323 e. The second-order valence-electron chi connectivity index (χ2n) is 4.51. The van der Waals surface area contributed by atoms with Crippen molar-refractivity contribution in [3.63, 3.8) is 0 Å². The molecule has 1 amide bonds. The second kappa shape index (κ2) is 5.46. The molecule has 3 rings (SSSR count). The molecule has 6 nitrogen and oxygen atoms in total. The lowest BCUT2D eigenvalue weighted by molar-refractivity contribution is 0.101. The zero-order chi connectivity index (χ0) is 14.7. The topological polar surface area (TPSA) is 85.3 Å². The lowest BCUT2D eigenvalue weighted by Gasteiger charge is -2.07. The normalized spacial score (nSPS) is 11.0. The SMILES string of the molecule is NN=Cc1ccc2cc(C(=O)Nn3ccnc3)ccc2c1. The van der Waals surface area contributed by atoms with Crippen molar-refractivity contribution in [2.75, 3.05) is 5.43 Å². The Morgan fingerprint density at radius 3 is 2.81 bits per heavy atom. The van der Waals surface area contributed by atoms with Crippen molar-refractivity contribution in [1.29, 1.82) is 0 Å². The van der Waals surface area contributed by atoms with E-state index in [1.54, 1.807) is 24.7 Å². The summed E-state index contributed by atoms with van der Waals surface area (Å²) in [6.07, 6.45) is 6.37. The molecule has 0 aliphatic heterocycles. The van der Waals surface area contributed by atoms with Crippen LogP contribution in [0.15, 0.2) is 60.2 Å². The third kappa shape index (κ3) is 2.74. The van der Waals surface area contributed by atoms with Gasteiger partial charge in [-0.3, -0.25) is 10.2 Å². The first-order valence-corrected chi connectivity index (χ1v) is 6.33. The third-order valence-electron chi connectivity index (χ3n) is 3.09. The molecular formula is C15H13N5O. The molecule has 0 radical (unpaired) electrons. The first-order chi connectivity index (χ1) is 10.3. The molecule has 6 heteroatoms. The number of fused-ring (bicyclic) bond motifs is 1. The maximum absolute atomic E-state index is 12.1. The van der Waals surface area contributed by atoms with Crippen molar-refractivity contribution in [3.8, 4) is 0 Å². The van der Waals surface area contributed by atoms with E-state index in [4.69, 9.17) is 5.84 Å². The molecule has 1 aromatic heterocycles. The zero-order valence-electron chi connectivity index (χ0n) is 11.1. The van der Waals surface area contributed by atoms with Gasteiger partial charge in [0.25, 0.3) is 5.91 Å². The Hall–Kier alpha value is -3.15. The van der Waals surface area contributed by atoms with E-state index in [-0.39, 0.29) is 5.91 Å². The number of hydrogen-bond donors (Lipinski definition) is 2. The Bertz CT molecular complexity index is 808. The van der Waals surface area contributed by atoms with Crippen LogP contribution < -0.4 is 11.3 Å². The summed E-state index contributed by atoms with van der Waals surface area (Å²) in [5, 5.41) is 5.50. The van der Waals surface area contributed by atoms with Crippen molar-refractivity contribution >= 4 is 22.9 Å². The number of nitrogens with two attached hydrogens (primary N) is 1. The molecule has 0 bridgehead atoms. The highest BCUT2D eigenvalue weighted by molar-refractivity contribution is 6.03. The summed E-state index contributed by atoms with van der Waals surface area (Å²) in [5.74, 6) is 4.95. The van der Waals surface area contributed by atoms with Gasteiger partial charge in [0.15, 0.2) is 0 Å². The molecule has 0 atom stereocenters. The van der Waals surface area contributed by atoms with E-state index < -0.39 is 0 Å². The molecule has 3 N–H and O–H groups in total. The molecule has 0 fully saturated rings. The number of carbonyl (C=O) groups is 1. The van der Waals surface area contributed by atoms with Gasteiger partial charge >= 0.3 is 0 Å². The van der Waals surface area contributed by atoms with Gasteiger partial charge in [-0.2, -0.15) is 5.10 Å². The van der Waals surface area contributed by atoms with Gasteiger partial charge in [0.1, 0.15) is 6.33 Å². The number of imidazole rings is 1. The number of nitrogens with zero attached hydrogens (tertiary/aromatic N) is 3. The van der Waals surface area contributed by atoms with Crippen LogP contribution in [0.25, 0.3) is 10.8 Å². The summed E-state index contributed by atoms with van der Waals surface area (Å²) in [7, 11) is 0. The summed E-state index contributed by atoms with van der Waals surface area (Å²) in [6, 6.07) is 11.3. The average Bonchev–Trinajstić information content (AvgIpc) is 3.00. The van der Waals surface area contributed by atoms with Crippen LogP contribution in [0.2, 0.25) is 0 Å². The predicted octanol–water partition coefficient (Wildman–Crippen LogP) is 1.71. The van der Waals surface area contributed by atoms with E-state index in [1.165, 1.54) is 11.0 Å². The summed E-state index contributed by atoms with van der Waals surface area (Å²) in [6.45, 7) is 0. The molecule has 1 heterocycles. The van der Waals surface area contributed by atoms with E-state index in [2.05, 4.69) is 15.5 Å². The smallest absolute Gasteiger partial charge is 0.270 e. The van der Waals surface area contributed by atoms with Crippen molar-refractivity contribution in [3.05, 3.63) is 66.2 Å². The van der Waals surface area contributed by atoms with Gasteiger partial charge in [-0.1, -0.05) is 18.2 Å². The van der Waals surface area contributed by atoms with Gasteiger partial charge in [-0.15, -0.1) is 0 Å². The van der Waals surface area contributed by atoms with Crippen LogP contribution in [0.3, 0.4) is 0 Å². The molecule has 0 spiro atoms. The minimum absolute atomic E-state index is 0.192. The highest BCUT2D eigenvalue weighted by Crippen LogP contribution is 2.17. The summed E-state index contributed by atoms with van der Waals surface area (Å²) >= 11 is 0. The molecule has 0 aliphatic rings. The molecule has 0 aliphatic carbocycles. The van der Waals surface area contributed by atoms with Gasteiger partial charge < -0.3 is 5.84 Å². The highest BCUT2D eigenvalue weighted by Gasteiger charge is 2.06. The Labute approximate surface area is 120 Å². The van der Waals surface area contributed by atoms with Crippen LogP contribution >= 0.6 is 0 Å². The number of hydrogen-bond acceptors (Lipinski definition) is 4. The minimum Gasteiger partial charge on any atom is -0.323 e. The fourth-order valence-corrected chi connectivity index (χ4v) is 2.08. The van der Waals surface area contributed by atoms with Crippen LogP contribution in [0.4, 0.5) is 0 Å². The highest BCUT2D eigenvalue weighted by atomic mass is 16.2. The Morgan fingerprint density at radius 1 is 1.24 bits per heavy atom. The van der Waals surface area contributed by atoms with E-state index in [0.717, 1.165) is 16.3 Å². The van der Waals surface area contributed by atoms with Gasteiger partial charge in [-0.25, -0.2) is 9.66 Å². The summed E-state index contributed by atoms with van der Waals surface area (Å²) < 4.78 is 1.51. The Balaban J connectivity index is 1.90. The van der Waals surface area contributed by atoms with E-state index >= 15 is 0 Å². The van der Waals surface area contributed by atoms with Crippen LogP contribution in [0.5, 0.6) is 0 Å². The molecule has 21 heavy (non-hydrogen) atoms. The minimum atomic E-state index is -0.192. The van der Waals surface area contributed by atoms with E-state index in [1.807, 2.05) is 30.3 Å². The lowest BCUT2D eigenvalue weighted by Crippen LogP contribution is -2.21. The number of benzene rings is 2. The number of nitrogens with one attached hydrogen (secondary N) is 1. The van der Waals surface area contributed by atoms with Crippen molar-refractivity contribution < 1.29 is 4.79 Å². The molecule has 0 saturated carbocycles. The number of hydrazone groups is 1. The van der Waals surface area contributed by atoms with Crippen LogP contribution in [0.1, 0.15) is 15.9 Å². The summed E-state index contributed by atoms with van der Waals surface area (Å²) in [5.41, 5.74) is 4.21. The number of amides is 1. The van der Waals surface area contributed by atoms with Crippen LogP contribution in [0, 0.1) is 0 Å². The maximum atomic E-state index is 12.1. The summed E-state index contributed by atoms with van der Waals surface area (Å²) in [4.78, 5) is 16.0. The molecule has 0 unspecified atom stereocenters. The van der Waals surface area contributed by atoms with Crippen molar-refractivity contribution in [2.24, 2.45) is 10.9 Å². The van der Waals surface area contributed by atoms with Crippen LogP contribution in [-0.4, -0.2) is 21.8 Å². The standard InChI is InChI=1S/C15H13N5O/c16-18-9-11-1-2-13-8-14(4-3-12(13)7-11)15(21)19-20-6-5-17-10-20/h1-10H,16H2,(H,19,21). The fraction of sp³-hybridized carbons (Fsp3) is 0. The quantitative estimate of drug-likeness (QED) is 0.435. The van der Waals surface area contributed by atoms with E-state index in [9.17, 15) is 4.79 Å². The molecule has 0 saturated heterocycles. The lowest BCUT2D eigenvalue weighted by atomic mass is 10.0. The molecule has 104 valence electrons. The Kier molecular flexibility index (Phi) is 3.34. The van der Waals surface area contributed by atoms with Gasteiger partial charge in [0, 0.05) is 18.0 Å². The second-order valence-corrected chi connectivity index (χ2v) is 4.51. The predicted molar refractivity (Wildman–Crippen MR) is 81.6 cm³/mol. The molecule has 2 aromatic carbocycles. The first kappa shape index (κ1) is 12.9.